The number of nitro groups is 1. The van der Waals surface area contributed by atoms with Gasteiger partial charge in [0.15, 0.2) is 0 Å². The van der Waals surface area contributed by atoms with E-state index in [2.05, 4.69) is 0 Å². The van der Waals surface area contributed by atoms with Gasteiger partial charge in [-0.05, 0) is 18.6 Å². The minimum absolute atomic E-state index is 0.0315. The summed E-state index contributed by atoms with van der Waals surface area (Å²) in [6, 6.07) is 13.1. The number of ether oxygens (including phenoxy) is 1. The van der Waals surface area contributed by atoms with E-state index >= 15 is 0 Å². The van der Waals surface area contributed by atoms with E-state index in [1.54, 1.807) is 30.3 Å². The van der Waals surface area contributed by atoms with Crippen molar-refractivity contribution in [1.29, 1.82) is 0 Å². The van der Waals surface area contributed by atoms with Gasteiger partial charge in [-0.1, -0.05) is 31.2 Å². The molecule has 0 heterocycles. The molecule has 5 heteroatoms. The fourth-order valence-corrected chi connectivity index (χ4v) is 1.86. The third kappa shape index (κ3) is 3.13. The summed E-state index contributed by atoms with van der Waals surface area (Å²) in [7, 11) is 0. The smallest absolute Gasteiger partial charge is 0.273 e. The van der Waals surface area contributed by atoms with Crippen molar-refractivity contribution in [2.24, 2.45) is 0 Å². The number of para-hydroxylation sites is 1. The van der Waals surface area contributed by atoms with Gasteiger partial charge in [0.25, 0.3) is 5.69 Å². The molecular formula is C15H15NO4. The molecule has 1 atom stereocenters. The summed E-state index contributed by atoms with van der Waals surface area (Å²) in [5.74, 6) is 0.873. The maximum absolute atomic E-state index is 10.7. The van der Waals surface area contributed by atoms with Crippen LogP contribution in [0, 0.1) is 10.1 Å². The molecule has 0 aliphatic carbocycles. The van der Waals surface area contributed by atoms with Crippen molar-refractivity contribution < 1.29 is 14.8 Å². The van der Waals surface area contributed by atoms with E-state index in [0.717, 1.165) is 0 Å². The van der Waals surface area contributed by atoms with Crippen LogP contribution in [-0.2, 0) is 0 Å². The van der Waals surface area contributed by atoms with Gasteiger partial charge in [-0.3, -0.25) is 10.1 Å². The molecule has 2 aromatic carbocycles. The molecule has 0 aliphatic rings. The number of aliphatic hydroxyl groups is 1. The van der Waals surface area contributed by atoms with Crippen molar-refractivity contribution in [3.8, 4) is 11.5 Å². The minimum Gasteiger partial charge on any atom is -0.457 e. The summed E-state index contributed by atoms with van der Waals surface area (Å²) in [6.45, 7) is 1.87. The van der Waals surface area contributed by atoms with Crippen LogP contribution in [0.1, 0.15) is 25.0 Å². The van der Waals surface area contributed by atoms with Crippen LogP contribution in [0.25, 0.3) is 0 Å². The first-order valence-electron chi connectivity index (χ1n) is 6.31. The van der Waals surface area contributed by atoms with E-state index in [9.17, 15) is 15.2 Å². The zero-order valence-electron chi connectivity index (χ0n) is 11.0. The van der Waals surface area contributed by atoms with E-state index in [1.807, 2.05) is 13.0 Å². The predicted molar refractivity (Wildman–Crippen MR) is 74.9 cm³/mol. The highest BCUT2D eigenvalue weighted by atomic mass is 16.6. The first-order valence-corrected chi connectivity index (χ1v) is 6.31. The van der Waals surface area contributed by atoms with Crippen molar-refractivity contribution in [2.75, 3.05) is 0 Å². The standard InChI is InChI=1S/C15H15NO4/c1-2-14(17)13-8-3-4-9-15(13)20-12-7-5-6-11(10-12)16(18)19/h3-10,14,17H,2H2,1H3/t14-/m0/s1. The monoisotopic (exact) mass is 273 g/mol. The number of nitrogens with zero attached hydrogens (tertiary/aromatic N) is 1. The topological polar surface area (TPSA) is 72.6 Å². The van der Waals surface area contributed by atoms with Crippen LogP contribution in [0.3, 0.4) is 0 Å². The van der Waals surface area contributed by atoms with Gasteiger partial charge in [-0.2, -0.15) is 0 Å². The molecule has 2 rings (SSSR count). The van der Waals surface area contributed by atoms with E-state index < -0.39 is 11.0 Å². The lowest BCUT2D eigenvalue weighted by Gasteiger charge is -2.14. The van der Waals surface area contributed by atoms with Crippen LogP contribution >= 0.6 is 0 Å². The van der Waals surface area contributed by atoms with Gasteiger partial charge in [0.1, 0.15) is 11.5 Å². The molecule has 104 valence electrons. The lowest BCUT2D eigenvalue weighted by molar-refractivity contribution is -0.384. The van der Waals surface area contributed by atoms with Crippen LogP contribution in [0.4, 0.5) is 5.69 Å². The van der Waals surface area contributed by atoms with Crippen LogP contribution in [0.15, 0.2) is 48.5 Å². The van der Waals surface area contributed by atoms with Crippen molar-refractivity contribution in [2.45, 2.75) is 19.4 Å². The third-order valence-electron chi connectivity index (χ3n) is 2.92. The Morgan fingerprint density at radius 1 is 1.25 bits per heavy atom. The molecule has 0 aromatic heterocycles. The van der Waals surface area contributed by atoms with Crippen molar-refractivity contribution in [1.82, 2.24) is 0 Å². The van der Waals surface area contributed by atoms with E-state index in [-0.39, 0.29) is 5.69 Å². The molecule has 0 bridgehead atoms. The van der Waals surface area contributed by atoms with Gasteiger partial charge < -0.3 is 9.84 Å². The van der Waals surface area contributed by atoms with Crippen LogP contribution in [-0.4, -0.2) is 10.0 Å². The number of nitro benzene ring substituents is 1. The molecule has 0 amide bonds. The van der Waals surface area contributed by atoms with Gasteiger partial charge in [-0.25, -0.2) is 0 Å². The Morgan fingerprint density at radius 2 is 2.00 bits per heavy atom. The Balaban J connectivity index is 2.30. The molecule has 0 saturated heterocycles. The highest BCUT2D eigenvalue weighted by Gasteiger charge is 2.13. The summed E-state index contributed by atoms with van der Waals surface area (Å²) in [4.78, 5) is 10.3. The second-order valence-electron chi connectivity index (χ2n) is 4.32. The van der Waals surface area contributed by atoms with Gasteiger partial charge in [0.2, 0.25) is 0 Å². The van der Waals surface area contributed by atoms with Crippen LogP contribution < -0.4 is 4.74 Å². The molecule has 5 nitrogen and oxygen atoms in total. The Labute approximate surface area is 116 Å². The van der Waals surface area contributed by atoms with E-state index in [4.69, 9.17) is 4.74 Å². The maximum atomic E-state index is 10.7. The zero-order valence-corrected chi connectivity index (χ0v) is 11.0. The predicted octanol–water partition coefficient (Wildman–Crippen LogP) is 3.83. The average Bonchev–Trinajstić information content (AvgIpc) is 2.47. The van der Waals surface area contributed by atoms with Gasteiger partial charge in [-0.15, -0.1) is 0 Å². The molecule has 1 N–H and O–H groups in total. The summed E-state index contributed by atoms with van der Waals surface area (Å²) >= 11 is 0. The van der Waals surface area contributed by atoms with Crippen LogP contribution in [0.2, 0.25) is 0 Å². The summed E-state index contributed by atoms with van der Waals surface area (Å²) in [5.41, 5.74) is 0.637. The molecule has 0 radical (unpaired) electrons. The van der Waals surface area contributed by atoms with Crippen LogP contribution in [0.5, 0.6) is 11.5 Å². The first kappa shape index (κ1) is 14.0. The fourth-order valence-electron chi connectivity index (χ4n) is 1.86. The number of benzene rings is 2. The largest absolute Gasteiger partial charge is 0.457 e. The molecule has 0 spiro atoms. The number of hydrogen-bond donors (Lipinski definition) is 1. The zero-order chi connectivity index (χ0) is 14.5. The third-order valence-corrected chi connectivity index (χ3v) is 2.92. The Hall–Kier alpha value is -2.40. The Bertz CT molecular complexity index is 612. The molecule has 0 unspecified atom stereocenters. The average molecular weight is 273 g/mol. The molecule has 2 aromatic rings. The minimum atomic E-state index is -0.620. The lowest BCUT2D eigenvalue weighted by atomic mass is 10.1. The normalized spacial score (nSPS) is 11.9. The quantitative estimate of drug-likeness (QED) is 0.663. The second kappa shape index (κ2) is 6.16. The highest BCUT2D eigenvalue weighted by molar-refractivity contribution is 5.43. The van der Waals surface area contributed by atoms with E-state index in [0.29, 0.717) is 23.5 Å². The van der Waals surface area contributed by atoms with Crippen molar-refractivity contribution in [3.05, 3.63) is 64.2 Å². The second-order valence-corrected chi connectivity index (χ2v) is 4.32. The number of rotatable bonds is 5. The Kier molecular flexibility index (Phi) is 4.32. The highest BCUT2D eigenvalue weighted by Crippen LogP contribution is 2.32. The van der Waals surface area contributed by atoms with Gasteiger partial charge in [0.05, 0.1) is 17.1 Å². The number of non-ortho nitro benzene ring substituents is 1. The SMILES string of the molecule is CC[C@H](O)c1ccccc1Oc1cccc([N+](=O)[O-])c1. The first-order chi connectivity index (χ1) is 9.61. The van der Waals surface area contributed by atoms with Gasteiger partial charge in [0, 0.05) is 11.6 Å². The van der Waals surface area contributed by atoms with E-state index in [1.165, 1.54) is 12.1 Å². The summed E-state index contributed by atoms with van der Waals surface area (Å²) in [6.07, 6.45) is -0.0557. The molecule has 20 heavy (non-hydrogen) atoms. The fraction of sp³-hybridized carbons (Fsp3) is 0.200. The number of aliphatic hydroxyl groups excluding tert-OH is 1. The summed E-state index contributed by atoms with van der Waals surface area (Å²) < 4.78 is 5.66. The maximum Gasteiger partial charge on any atom is 0.273 e. The van der Waals surface area contributed by atoms with Gasteiger partial charge >= 0.3 is 0 Å². The van der Waals surface area contributed by atoms with Crippen molar-refractivity contribution >= 4 is 5.69 Å². The van der Waals surface area contributed by atoms with Crippen molar-refractivity contribution in [3.63, 3.8) is 0 Å². The Morgan fingerprint density at radius 3 is 2.70 bits per heavy atom. The summed E-state index contributed by atoms with van der Waals surface area (Å²) in [5, 5.41) is 20.7. The number of hydrogen-bond acceptors (Lipinski definition) is 4. The molecule has 0 saturated carbocycles. The molecule has 0 aliphatic heterocycles. The molecule has 0 fully saturated rings. The lowest BCUT2D eigenvalue weighted by Crippen LogP contribution is -1.98. The molecular weight excluding hydrogens is 258 g/mol.